The molecule has 146 valence electrons. The van der Waals surface area contributed by atoms with E-state index in [0.717, 1.165) is 44.3 Å². The van der Waals surface area contributed by atoms with E-state index in [4.69, 9.17) is 4.52 Å². The van der Waals surface area contributed by atoms with Crippen LogP contribution in [0.15, 0.2) is 35.4 Å². The number of aryl methyl sites for hydroxylation is 1. The van der Waals surface area contributed by atoms with Gasteiger partial charge in [-0.2, -0.15) is 4.98 Å². The van der Waals surface area contributed by atoms with Crippen molar-refractivity contribution in [2.24, 2.45) is 5.92 Å². The van der Waals surface area contributed by atoms with Gasteiger partial charge in [0.1, 0.15) is 17.8 Å². The molecule has 0 radical (unpaired) electrons. The largest absolute Gasteiger partial charge is 0.337 e. The third-order valence-corrected chi connectivity index (χ3v) is 5.07. The van der Waals surface area contributed by atoms with Crippen molar-refractivity contribution in [3.63, 3.8) is 0 Å². The highest BCUT2D eigenvalue weighted by molar-refractivity contribution is 5.92. The summed E-state index contributed by atoms with van der Waals surface area (Å²) in [5.74, 6) is 2.46. The van der Waals surface area contributed by atoms with E-state index in [-0.39, 0.29) is 5.91 Å². The minimum absolute atomic E-state index is 0.0251. The summed E-state index contributed by atoms with van der Waals surface area (Å²) in [6.07, 6.45) is 8.85. The Hall–Kier alpha value is -3.03. The maximum atomic E-state index is 12.7. The van der Waals surface area contributed by atoms with Crippen LogP contribution in [0.5, 0.6) is 0 Å². The van der Waals surface area contributed by atoms with Crippen LogP contribution in [0.4, 0.5) is 0 Å². The van der Waals surface area contributed by atoms with Crippen LogP contribution in [-0.4, -0.2) is 48.6 Å². The van der Waals surface area contributed by atoms with Gasteiger partial charge in [-0.05, 0) is 37.3 Å². The molecule has 1 aliphatic heterocycles. The lowest BCUT2D eigenvalue weighted by atomic mass is 9.99. The van der Waals surface area contributed by atoms with E-state index in [1.807, 2.05) is 17.0 Å². The zero-order chi connectivity index (χ0) is 19.5. The second-order valence-electron chi connectivity index (χ2n) is 7.31. The Morgan fingerprint density at radius 2 is 2.11 bits per heavy atom. The van der Waals surface area contributed by atoms with E-state index in [2.05, 4.69) is 34.0 Å². The standard InChI is InChI=1S/C20H24N6O2/c1-3-4-17-23-19(28-24-17)15-5-8-21-18(11-15)26-12-16(22-13-26)20(27)25-9-6-14(2)7-10-25/h5,8,11-14H,3-4,6-7,9-10H2,1-2H3. The quantitative estimate of drug-likeness (QED) is 0.675. The Labute approximate surface area is 163 Å². The van der Waals surface area contributed by atoms with Gasteiger partial charge in [0.05, 0.1) is 0 Å². The number of likely N-dealkylation sites (tertiary alicyclic amines) is 1. The predicted octanol–water partition coefficient (Wildman–Crippen LogP) is 3.14. The Balaban J connectivity index is 1.53. The molecule has 8 nitrogen and oxygen atoms in total. The number of carbonyl (C=O) groups excluding carboxylic acids is 1. The molecule has 0 unspecified atom stereocenters. The molecule has 1 fully saturated rings. The van der Waals surface area contributed by atoms with Crippen LogP contribution in [-0.2, 0) is 6.42 Å². The van der Waals surface area contributed by atoms with Gasteiger partial charge in [-0.3, -0.25) is 9.36 Å². The first-order valence-corrected chi connectivity index (χ1v) is 9.76. The maximum absolute atomic E-state index is 12.7. The molecule has 0 N–H and O–H groups in total. The summed E-state index contributed by atoms with van der Waals surface area (Å²) in [5, 5.41) is 3.99. The minimum atomic E-state index is -0.0251. The van der Waals surface area contributed by atoms with Crippen molar-refractivity contribution >= 4 is 5.91 Å². The van der Waals surface area contributed by atoms with Gasteiger partial charge in [-0.15, -0.1) is 0 Å². The fraction of sp³-hybridized carbons (Fsp3) is 0.450. The van der Waals surface area contributed by atoms with Crippen molar-refractivity contribution in [2.45, 2.75) is 39.5 Å². The first kappa shape index (κ1) is 18.3. The summed E-state index contributed by atoms with van der Waals surface area (Å²) in [6, 6.07) is 3.67. The van der Waals surface area contributed by atoms with Crippen LogP contribution in [0, 0.1) is 5.92 Å². The molecule has 4 heterocycles. The molecule has 1 saturated heterocycles. The summed E-state index contributed by atoms with van der Waals surface area (Å²) < 4.78 is 7.09. The normalized spacial score (nSPS) is 15.1. The second kappa shape index (κ2) is 7.92. The van der Waals surface area contributed by atoms with Crippen LogP contribution in [0.25, 0.3) is 17.3 Å². The van der Waals surface area contributed by atoms with Crippen LogP contribution < -0.4 is 0 Å². The minimum Gasteiger partial charge on any atom is -0.337 e. The van der Waals surface area contributed by atoms with Crippen molar-refractivity contribution in [3.8, 4) is 17.3 Å². The summed E-state index contributed by atoms with van der Waals surface area (Å²) in [4.78, 5) is 27.7. The number of rotatable bonds is 5. The summed E-state index contributed by atoms with van der Waals surface area (Å²) in [5.41, 5.74) is 1.22. The Morgan fingerprint density at radius 1 is 1.29 bits per heavy atom. The number of aromatic nitrogens is 5. The third-order valence-electron chi connectivity index (χ3n) is 5.07. The van der Waals surface area contributed by atoms with E-state index in [0.29, 0.717) is 29.1 Å². The number of piperidine rings is 1. The lowest BCUT2D eigenvalue weighted by molar-refractivity contribution is 0.0692. The third kappa shape index (κ3) is 3.81. The van der Waals surface area contributed by atoms with Gasteiger partial charge in [0.2, 0.25) is 0 Å². The van der Waals surface area contributed by atoms with Crippen molar-refractivity contribution in [1.29, 1.82) is 0 Å². The smallest absolute Gasteiger partial charge is 0.274 e. The predicted molar refractivity (Wildman–Crippen MR) is 103 cm³/mol. The number of carbonyl (C=O) groups is 1. The molecule has 8 heteroatoms. The average molecular weight is 380 g/mol. The number of amides is 1. The van der Waals surface area contributed by atoms with Crippen LogP contribution in [0.2, 0.25) is 0 Å². The van der Waals surface area contributed by atoms with E-state index in [1.165, 1.54) is 0 Å². The van der Waals surface area contributed by atoms with Crippen molar-refractivity contribution < 1.29 is 9.32 Å². The number of imidazole rings is 1. The molecule has 0 spiro atoms. The molecule has 1 aliphatic rings. The number of pyridine rings is 1. The summed E-state index contributed by atoms with van der Waals surface area (Å²) >= 11 is 0. The Morgan fingerprint density at radius 3 is 2.89 bits per heavy atom. The molecule has 1 amide bonds. The highest BCUT2D eigenvalue weighted by Crippen LogP contribution is 2.21. The van der Waals surface area contributed by atoms with Crippen LogP contribution >= 0.6 is 0 Å². The lowest BCUT2D eigenvalue weighted by Crippen LogP contribution is -2.38. The molecule has 4 rings (SSSR count). The van der Waals surface area contributed by atoms with Gasteiger partial charge < -0.3 is 9.42 Å². The van der Waals surface area contributed by atoms with E-state index in [1.54, 1.807) is 23.3 Å². The Kier molecular flexibility index (Phi) is 5.18. The van der Waals surface area contributed by atoms with E-state index < -0.39 is 0 Å². The van der Waals surface area contributed by atoms with Crippen molar-refractivity contribution in [1.82, 2.24) is 29.6 Å². The Bertz CT molecular complexity index is 955. The average Bonchev–Trinajstić information content (AvgIpc) is 3.39. The number of hydrogen-bond acceptors (Lipinski definition) is 6. The number of hydrogen-bond donors (Lipinski definition) is 0. The molecule has 3 aromatic heterocycles. The lowest BCUT2D eigenvalue weighted by Gasteiger charge is -2.29. The van der Waals surface area contributed by atoms with Gasteiger partial charge in [0.25, 0.3) is 11.8 Å². The first-order valence-electron chi connectivity index (χ1n) is 9.76. The molecule has 0 atom stereocenters. The van der Waals surface area contributed by atoms with Gasteiger partial charge in [0.15, 0.2) is 5.82 Å². The monoisotopic (exact) mass is 380 g/mol. The fourth-order valence-electron chi connectivity index (χ4n) is 3.32. The molecule has 3 aromatic rings. The molecule has 0 aliphatic carbocycles. The molecule has 0 bridgehead atoms. The molecule has 28 heavy (non-hydrogen) atoms. The molecule has 0 aromatic carbocycles. The highest BCUT2D eigenvalue weighted by atomic mass is 16.5. The maximum Gasteiger partial charge on any atom is 0.274 e. The van der Waals surface area contributed by atoms with Gasteiger partial charge >= 0.3 is 0 Å². The molecule has 0 saturated carbocycles. The molecular weight excluding hydrogens is 356 g/mol. The second-order valence-corrected chi connectivity index (χ2v) is 7.31. The van der Waals surface area contributed by atoms with Crippen molar-refractivity contribution in [3.05, 3.63) is 42.4 Å². The van der Waals surface area contributed by atoms with Gasteiger partial charge in [-0.1, -0.05) is 19.0 Å². The SMILES string of the molecule is CCCc1noc(-c2ccnc(-n3cnc(C(=O)N4CCC(C)CC4)c3)c2)n1. The number of nitrogens with zero attached hydrogens (tertiary/aromatic N) is 6. The molecular formula is C20H24N6O2. The van der Waals surface area contributed by atoms with Gasteiger partial charge in [-0.25, -0.2) is 9.97 Å². The zero-order valence-electron chi connectivity index (χ0n) is 16.2. The fourth-order valence-corrected chi connectivity index (χ4v) is 3.32. The highest BCUT2D eigenvalue weighted by Gasteiger charge is 2.23. The van der Waals surface area contributed by atoms with E-state index >= 15 is 0 Å². The summed E-state index contributed by atoms with van der Waals surface area (Å²) in [7, 11) is 0. The van der Waals surface area contributed by atoms with E-state index in [9.17, 15) is 4.79 Å². The van der Waals surface area contributed by atoms with Crippen LogP contribution in [0.1, 0.15) is 49.4 Å². The van der Waals surface area contributed by atoms with Crippen LogP contribution in [0.3, 0.4) is 0 Å². The summed E-state index contributed by atoms with van der Waals surface area (Å²) in [6.45, 7) is 5.88. The van der Waals surface area contributed by atoms with Gasteiger partial charge in [0, 0.05) is 37.5 Å². The van der Waals surface area contributed by atoms with Crippen molar-refractivity contribution in [2.75, 3.05) is 13.1 Å². The topological polar surface area (TPSA) is 89.9 Å². The zero-order valence-corrected chi connectivity index (χ0v) is 16.2. The first-order chi connectivity index (χ1) is 13.6.